The minimum atomic E-state index is -4.70. The van der Waals surface area contributed by atoms with E-state index in [1.54, 1.807) is 0 Å². The number of imide groups is 1. The SMILES string of the molecule is CCN1C(=O)N(c2nnc(C(F)(F)F)s2)C(=O)C1O. The van der Waals surface area contributed by atoms with Crippen LogP contribution in [-0.2, 0) is 11.0 Å². The van der Waals surface area contributed by atoms with Gasteiger partial charge in [-0.1, -0.05) is 11.3 Å². The third-order valence-corrected chi connectivity index (χ3v) is 3.32. The molecule has 7 nitrogen and oxygen atoms in total. The highest BCUT2D eigenvalue weighted by Crippen LogP contribution is 2.35. The maximum absolute atomic E-state index is 12.4. The number of amides is 3. The second kappa shape index (κ2) is 4.42. The van der Waals surface area contributed by atoms with Gasteiger partial charge < -0.3 is 5.11 Å². The quantitative estimate of drug-likeness (QED) is 0.810. The molecule has 1 N–H and O–H groups in total. The Kier molecular flexibility index (Phi) is 3.18. The van der Waals surface area contributed by atoms with Gasteiger partial charge in [-0.3, -0.25) is 9.69 Å². The summed E-state index contributed by atoms with van der Waals surface area (Å²) in [6.45, 7) is 1.55. The maximum atomic E-state index is 12.4. The van der Waals surface area contributed by atoms with Crippen molar-refractivity contribution in [2.45, 2.75) is 19.3 Å². The van der Waals surface area contributed by atoms with Gasteiger partial charge in [-0.2, -0.15) is 13.2 Å². The summed E-state index contributed by atoms with van der Waals surface area (Å²) in [4.78, 5) is 24.6. The molecule has 0 radical (unpaired) electrons. The van der Waals surface area contributed by atoms with Crippen LogP contribution >= 0.6 is 11.3 Å². The molecule has 0 saturated carbocycles. The predicted molar refractivity (Wildman–Crippen MR) is 56.2 cm³/mol. The number of alkyl halides is 3. The summed E-state index contributed by atoms with van der Waals surface area (Å²) in [7, 11) is 0. The molecule has 0 aromatic carbocycles. The summed E-state index contributed by atoms with van der Waals surface area (Å²) in [6, 6.07) is -0.926. The highest BCUT2D eigenvalue weighted by Gasteiger charge is 2.47. The molecule has 0 spiro atoms. The van der Waals surface area contributed by atoms with Crippen LogP contribution in [0.1, 0.15) is 11.9 Å². The van der Waals surface area contributed by atoms with Crippen molar-refractivity contribution in [3.63, 3.8) is 0 Å². The number of aliphatic hydroxyl groups is 1. The molecule has 1 atom stereocenters. The summed E-state index contributed by atoms with van der Waals surface area (Å²) < 4.78 is 37.1. The van der Waals surface area contributed by atoms with Crippen LogP contribution in [0.4, 0.5) is 23.1 Å². The van der Waals surface area contributed by atoms with Gasteiger partial charge in [0.15, 0.2) is 0 Å². The van der Waals surface area contributed by atoms with Crippen molar-refractivity contribution in [3.8, 4) is 0 Å². The fraction of sp³-hybridized carbons (Fsp3) is 0.500. The Morgan fingerprint density at radius 3 is 2.42 bits per heavy atom. The summed E-state index contributed by atoms with van der Waals surface area (Å²) in [6.07, 6.45) is -6.42. The number of halogens is 3. The number of aromatic nitrogens is 2. The molecule has 1 saturated heterocycles. The normalized spacial score (nSPS) is 20.6. The fourth-order valence-corrected chi connectivity index (χ4v) is 2.19. The van der Waals surface area contributed by atoms with E-state index in [0.717, 1.165) is 4.90 Å². The minimum absolute atomic E-state index is 0.0349. The van der Waals surface area contributed by atoms with Gasteiger partial charge in [0, 0.05) is 6.54 Å². The van der Waals surface area contributed by atoms with E-state index >= 15 is 0 Å². The number of nitrogens with zero attached hydrogens (tertiary/aromatic N) is 4. The Morgan fingerprint density at radius 1 is 1.37 bits per heavy atom. The number of hydrogen-bond donors (Lipinski definition) is 1. The van der Waals surface area contributed by atoms with Crippen LogP contribution in [0, 0.1) is 0 Å². The van der Waals surface area contributed by atoms with Gasteiger partial charge in [0.05, 0.1) is 0 Å². The highest BCUT2D eigenvalue weighted by molar-refractivity contribution is 7.15. The Balaban J connectivity index is 2.35. The summed E-state index contributed by atoms with van der Waals surface area (Å²) >= 11 is 0.0584. The first kappa shape index (κ1) is 13.7. The molecular formula is C8H7F3N4O3S. The van der Waals surface area contributed by atoms with Crippen molar-refractivity contribution in [2.24, 2.45) is 0 Å². The zero-order valence-electron chi connectivity index (χ0n) is 9.38. The molecule has 2 heterocycles. The first-order valence-corrected chi connectivity index (χ1v) is 5.82. The molecule has 1 aromatic rings. The van der Waals surface area contributed by atoms with Gasteiger partial charge in [-0.05, 0) is 6.92 Å². The van der Waals surface area contributed by atoms with Crippen molar-refractivity contribution in [1.82, 2.24) is 15.1 Å². The predicted octanol–water partition coefficient (Wildman–Crippen LogP) is 0.664. The second-order valence-electron chi connectivity index (χ2n) is 3.50. The lowest BCUT2D eigenvalue weighted by molar-refractivity contribution is -0.138. The van der Waals surface area contributed by atoms with Gasteiger partial charge in [0.25, 0.3) is 5.91 Å². The number of hydrogen-bond acceptors (Lipinski definition) is 6. The van der Waals surface area contributed by atoms with Crippen LogP contribution in [0.25, 0.3) is 0 Å². The van der Waals surface area contributed by atoms with E-state index in [1.807, 2.05) is 0 Å². The minimum Gasteiger partial charge on any atom is -0.365 e. The summed E-state index contributed by atoms with van der Waals surface area (Å²) in [5.74, 6) is -1.04. The average molecular weight is 296 g/mol. The largest absolute Gasteiger partial charge is 0.445 e. The number of carbonyl (C=O) groups excluding carboxylic acids is 2. The summed E-state index contributed by atoms with van der Waals surface area (Å²) in [5, 5.41) is 13.7. The third-order valence-electron chi connectivity index (χ3n) is 2.36. The Bertz CT molecular complexity index is 532. The summed E-state index contributed by atoms with van der Waals surface area (Å²) in [5.41, 5.74) is 0. The van der Waals surface area contributed by atoms with Crippen LogP contribution in [-0.4, -0.2) is 44.9 Å². The molecule has 0 bridgehead atoms. The van der Waals surface area contributed by atoms with Gasteiger partial charge >= 0.3 is 12.2 Å². The Morgan fingerprint density at radius 2 is 2.00 bits per heavy atom. The van der Waals surface area contributed by atoms with Crippen molar-refractivity contribution in [3.05, 3.63) is 5.01 Å². The number of rotatable bonds is 2. The van der Waals surface area contributed by atoms with Gasteiger partial charge in [0.2, 0.25) is 16.4 Å². The zero-order chi connectivity index (χ0) is 14.4. The van der Waals surface area contributed by atoms with E-state index in [9.17, 15) is 27.9 Å². The molecule has 1 aromatic heterocycles. The van der Waals surface area contributed by atoms with Crippen molar-refractivity contribution in [2.75, 3.05) is 11.4 Å². The zero-order valence-corrected chi connectivity index (χ0v) is 10.2. The van der Waals surface area contributed by atoms with E-state index in [-0.39, 0.29) is 17.9 Å². The second-order valence-corrected chi connectivity index (χ2v) is 4.46. The Hall–Kier alpha value is -1.75. The first-order chi connectivity index (χ1) is 8.77. The average Bonchev–Trinajstić information content (AvgIpc) is 2.85. The monoisotopic (exact) mass is 296 g/mol. The Labute approximate surface area is 108 Å². The smallest absolute Gasteiger partial charge is 0.365 e. The number of carbonyl (C=O) groups is 2. The molecule has 3 amide bonds. The van der Waals surface area contributed by atoms with Gasteiger partial charge in [0.1, 0.15) is 0 Å². The van der Waals surface area contributed by atoms with Crippen LogP contribution in [0.3, 0.4) is 0 Å². The molecule has 104 valence electrons. The maximum Gasteiger partial charge on any atom is 0.445 e. The van der Waals surface area contributed by atoms with E-state index < -0.39 is 34.5 Å². The number of likely N-dealkylation sites (N-methyl/N-ethyl adjacent to an activating group) is 1. The highest BCUT2D eigenvalue weighted by atomic mass is 32.1. The van der Waals surface area contributed by atoms with Gasteiger partial charge in [-0.15, -0.1) is 10.2 Å². The fourth-order valence-electron chi connectivity index (χ4n) is 1.48. The topological polar surface area (TPSA) is 86.6 Å². The molecule has 11 heteroatoms. The van der Waals surface area contributed by atoms with Crippen LogP contribution < -0.4 is 4.90 Å². The standard InChI is InChI=1S/C8H7F3N4O3S/c1-2-14-3(16)4(17)15(7(14)18)6-13-12-5(19-6)8(9,10)11/h3,16H,2H2,1H3. The lowest BCUT2D eigenvalue weighted by Crippen LogP contribution is -2.34. The van der Waals surface area contributed by atoms with Crippen LogP contribution in [0.15, 0.2) is 0 Å². The number of anilines is 1. The molecule has 1 fully saturated rings. The molecular weight excluding hydrogens is 289 g/mol. The lowest BCUT2D eigenvalue weighted by Gasteiger charge is -2.14. The molecule has 1 aliphatic rings. The van der Waals surface area contributed by atoms with Gasteiger partial charge in [-0.25, -0.2) is 9.69 Å². The first-order valence-electron chi connectivity index (χ1n) is 5.00. The molecule has 0 aliphatic carbocycles. The molecule has 1 aliphatic heterocycles. The molecule has 19 heavy (non-hydrogen) atoms. The molecule has 2 rings (SSSR count). The number of aliphatic hydroxyl groups excluding tert-OH is 1. The lowest BCUT2D eigenvalue weighted by atomic mass is 10.5. The van der Waals surface area contributed by atoms with Crippen LogP contribution in [0.5, 0.6) is 0 Å². The van der Waals surface area contributed by atoms with Crippen molar-refractivity contribution in [1.29, 1.82) is 0 Å². The van der Waals surface area contributed by atoms with E-state index in [4.69, 9.17) is 0 Å². The van der Waals surface area contributed by atoms with E-state index in [0.29, 0.717) is 4.90 Å². The molecule has 1 unspecified atom stereocenters. The van der Waals surface area contributed by atoms with Crippen LogP contribution in [0.2, 0.25) is 0 Å². The van der Waals surface area contributed by atoms with Crippen molar-refractivity contribution < 1.29 is 27.9 Å². The van der Waals surface area contributed by atoms with Crippen molar-refractivity contribution >= 4 is 28.4 Å². The van der Waals surface area contributed by atoms with E-state index in [2.05, 4.69) is 10.2 Å². The van der Waals surface area contributed by atoms with E-state index in [1.165, 1.54) is 6.92 Å². The number of urea groups is 1. The third kappa shape index (κ3) is 2.14.